The number of halogens is 1. The van der Waals surface area contributed by atoms with Gasteiger partial charge < -0.3 is 15.4 Å². The Kier molecular flexibility index (Phi) is 8.39. The molecule has 0 aromatic carbocycles. The Morgan fingerprint density at radius 1 is 1.50 bits per heavy atom. The smallest absolute Gasteiger partial charge is 0.191 e. The highest BCUT2D eigenvalue weighted by molar-refractivity contribution is 14.0. The normalized spacial score (nSPS) is 16.6. The zero-order valence-electron chi connectivity index (χ0n) is 12.0. The zero-order chi connectivity index (χ0) is 13.5. The van der Waals surface area contributed by atoms with Gasteiger partial charge in [0, 0.05) is 37.4 Å². The van der Waals surface area contributed by atoms with Crippen LogP contribution >= 0.6 is 35.3 Å². The molecule has 2 N–H and O–H groups in total. The highest BCUT2D eigenvalue weighted by atomic mass is 127. The van der Waals surface area contributed by atoms with Crippen LogP contribution in [-0.2, 0) is 17.7 Å². The van der Waals surface area contributed by atoms with Crippen LogP contribution in [0.4, 0.5) is 0 Å². The number of nitrogens with zero attached hydrogens (tertiary/aromatic N) is 2. The first kappa shape index (κ1) is 17.6. The predicted octanol–water partition coefficient (Wildman–Crippen LogP) is 2.17. The molecule has 2 rings (SSSR count). The summed E-state index contributed by atoms with van der Waals surface area (Å²) in [5, 5.41) is 7.85. The number of aryl methyl sites for hydroxylation is 1. The molecule has 0 spiro atoms. The van der Waals surface area contributed by atoms with Gasteiger partial charge in [0.15, 0.2) is 5.96 Å². The van der Waals surface area contributed by atoms with E-state index >= 15 is 0 Å². The van der Waals surface area contributed by atoms with Gasteiger partial charge in [-0.3, -0.25) is 4.99 Å². The van der Waals surface area contributed by atoms with Gasteiger partial charge >= 0.3 is 0 Å². The van der Waals surface area contributed by atoms with Crippen molar-refractivity contribution in [2.45, 2.75) is 38.8 Å². The third-order valence-corrected chi connectivity index (χ3v) is 4.28. The second-order valence-corrected chi connectivity index (χ2v) is 5.73. The number of nitrogens with one attached hydrogen (secondary N) is 2. The molecule has 7 heteroatoms. The van der Waals surface area contributed by atoms with Crippen LogP contribution in [0.3, 0.4) is 0 Å². The first-order valence-corrected chi connectivity index (χ1v) is 7.62. The fourth-order valence-electron chi connectivity index (χ4n) is 1.98. The molecule has 1 aromatic rings. The van der Waals surface area contributed by atoms with Crippen LogP contribution in [0, 0.1) is 0 Å². The van der Waals surface area contributed by atoms with Gasteiger partial charge in [-0.25, -0.2) is 4.98 Å². The molecule has 0 atom stereocenters. The molecule has 114 valence electrons. The Balaban J connectivity index is 0.00000200. The fourth-order valence-corrected chi connectivity index (χ4v) is 2.78. The van der Waals surface area contributed by atoms with Crippen LogP contribution in [0.2, 0.25) is 0 Å². The summed E-state index contributed by atoms with van der Waals surface area (Å²) in [6.45, 7) is 4.55. The van der Waals surface area contributed by atoms with E-state index in [1.165, 1.54) is 4.88 Å². The topological polar surface area (TPSA) is 58.5 Å². The maximum Gasteiger partial charge on any atom is 0.191 e. The van der Waals surface area contributed by atoms with Gasteiger partial charge in [0.1, 0.15) is 5.01 Å². The Hall–Kier alpha value is -0.410. The fraction of sp³-hybridized carbons (Fsp3) is 0.692. The Morgan fingerprint density at radius 2 is 2.25 bits per heavy atom. The van der Waals surface area contributed by atoms with Crippen molar-refractivity contribution in [2.24, 2.45) is 4.99 Å². The maximum atomic E-state index is 5.35. The lowest BCUT2D eigenvalue weighted by Gasteiger charge is -2.24. The third-order valence-electron chi connectivity index (χ3n) is 3.14. The molecule has 2 heterocycles. The lowest BCUT2D eigenvalue weighted by atomic mass is 10.1. The summed E-state index contributed by atoms with van der Waals surface area (Å²) >= 11 is 1.76. The van der Waals surface area contributed by atoms with Crippen LogP contribution in [0.1, 0.15) is 29.7 Å². The van der Waals surface area contributed by atoms with Crippen LogP contribution in [0.15, 0.2) is 11.2 Å². The minimum atomic E-state index is 0. The second kappa shape index (κ2) is 9.51. The molecule has 1 aliphatic heterocycles. The Bertz CT molecular complexity index is 418. The number of hydrogen-bond donors (Lipinski definition) is 2. The summed E-state index contributed by atoms with van der Waals surface area (Å²) in [4.78, 5) is 9.97. The van der Waals surface area contributed by atoms with Crippen molar-refractivity contribution in [3.8, 4) is 0 Å². The zero-order valence-corrected chi connectivity index (χ0v) is 15.2. The molecule has 1 fully saturated rings. The van der Waals surface area contributed by atoms with Crippen molar-refractivity contribution in [3.63, 3.8) is 0 Å². The SMILES string of the molecule is CCc1cnc(CNC(=NC)NC2CCOCC2)s1.I. The highest BCUT2D eigenvalue weighted by Gasteiger charge is 2.14. The number of guanidine groups is 1. The molecule has 0 saturated carbocycles. The lowest BCUT2D eigenvalue weighted by molar-refractivity contribution is 0.0822. The van der Waals surface area contributed by atoms with Crippen LogP contribution in [0.5, 0.6) is 0 Å². The first-order valence-electron chi connectivity index (χ1n) is 6.80. The van der Waals surface area contributed by atoms with Crippen molar-refractivity contribution in [3.05, 3.63) is 16.1 Å². The van der Waals surface area contributed by atoms with Gasteiger partial charge in [0.25, 0.3) is 0 Å². The van der Waals surface area contributed by atoms with E-state index in [9.17, 15) is 0 Å². The number of aliphatic imine (C=N–C) groups is 1. The third kappa shape index (κ3) is 5.53. The predicted molar refractivity (Wildman–Crippen MR) is 94.1 cm³/mol. The molecule has 1 aromatic heterocycles. The molecule has 1 saturated heterocycles. The van der Waals surface area contributed by atoms with E-state index in [4.69, 9.17) is 4.74 Å². The van der Waals surface area contributed by atoms with E-state index < -0.39 is 0 Å². The minimum Gasteiger partial charge on any atom is -0.381 e. The number of hydrogen-bond acceptors (Lipinski definition) is 4. The van der Waals surface area contributed by atoms with Crippen molar-refractivity contribution in [1.82, 2.24) is 15.6 Å². The van der Waals surface area contributed by atoms with Crippen LogP contribution < -0.4 is 10.6 Å². The lowest BCUT2D eigenvalue weighted by Crippen LogP contribution is -2.45. The number of aromatic nitrogens is 1. The minimum absolute atomic E-state index is 0. The van der Waals surface area contributed by atoms with Gasteiger partial charge in [-0.15, -0.1) is 35.3 Å². The molecule has 20 heavy (non-hydrogen) atoms. The molecule has 0 bridgehead atoms. The largest absolute Gasteiger partial charge is 0.381 e. The highest BCUT2D eigenvalue weighted by Crippen LogP contribution is 2.12. The van der Waals surface area contributed by atoms with Crippen molar-refractivity contribution in [2.75, 3.05) is 20.3 Å². The average Bonchev–Trinajstić information content (AvgIpc) is 2.92. The summed E-state index contributed by atoms with van der Waals surface area (Å²) in [5.41, 5.74) is 0. The van der Waals surface area contributed by atoms with Crippen molar-refractivity contribution >= 4 is 41.3 Å². The summed E-state index contributed by atoms with van der Waals surface area (Å²) < 4.78 is 5.35. The molecule has 0 unspecified atom stereocenters. The van der Waals surface area contributed by atoms with E-state index in [1.807, 2.05) is 6.20 Å². The van der Waals surface area contributed by atoms with E-state index in [0.29, 0.717) is 6.04 Å². The molecular formula is C13H23IN4OS. The summed E-state index contributed by atoms with van der Waals surface area (Å²) in [7, 11) is 1.80. The van der Waals surface area contributed by atoms with Gasteiger partial charge in [-0.1, -0.05) is 6.92 Å². The number of ether oxygens (including phenoxy) is 1. The molecule has 5 nitrogen and oxygen atoms in total. The summed E-state index contributed by atoms with van der Waals surface area (Å²) in [6.07, 6.45) is 5.08. The standard InChI is InChI=1S/C13H22N4OS.HI/c1-3-11-8-15-12(19-11)9-16-13(14-2)17-10-4-6-18-7-5-10;/h8,10H,3-7,9H2,1-2H3,(H2,14,16,17);1H. The van der Waals surface area contributed by atoms with Gasteiger partial charge in [0.2, 0.25) is 0 Å². The van der Waals surface area contributed by atoms with E-state index in [1.54, 1.807) is 18.4 Å². The Morgan fingerprint density at radius 3 is 2.85 bits per heavy atom. The summed E-state index contributed by atoms with van der Waals surface area (Å²) in [5.74, 6) is 0.847. The summed E-state index contributed by atoms with van der Waals surface area (Å²) in [6, 6.07) is 0.461. The van der Waals surface area contributed by atoms with E-state index in [0.717, 1.165) is 50.0 Å². The number of thiazole rings is 1. The van der Waals surface area contributed by atoms with Crippen molar-refractivity contribution < 1.29 is 4.74 Å². The van der Waals surface area contributed by atoms with Crippen LogP contribution in [-0.4, -0.2) is 37.2 Å². The molecule has 0 amide bonds. The monoisotopic (exact) mass is 410 g/mol. The average molecular weight is 410 g/mol. The second-order valence-electron chi connectivity index (χ2n) is 4.53. The van der Waals surface area contributed by atoms with Gasteiger partial charge in [-0.2, -0.15) is 0 Å². The maximum absolute atomic E-state index is 5.35. The molecule has 0 aliphatic carbocycles. The molecular weight excluding hydrogens is 387 g/mol. The van der Waals surface area contributed by atoms with E-state index in [-0.39, 0.29) is 24.0 Å². The van der Waals surface area contributed by atoms with Crippen molar-refractivity contribution in [1.29, 1.82) is 0 Å². The molecule has 1 aliphatic rings. The Labute approximate surface area is 141 Å². The van der Waals surface area contributed by atoms with Gasteiger partial charge in [-0.05, 0) is 19.3 Å². The van der Waals surface area contributed by atoms with Crippen LogP contribution in [0.25, 0.3) is 0 Å². The number of rotatable bonds is 4. The quantitative estimate of drug-likeness (QED) is 0.454. The first-order chi connectivity index (χ1) is 9.31. The van der Waals surface area contributed by atoms with Gasteiger partial charge in [0.05, 0.1) is 6.54 Å². The molecule has 0 radical (unpaired) electrons. The van der Waals surface area contributed by atoms with E-state index in [2.05, 4.69) is 27.5 Å².